The Labute approximate surface area is 114 Å². The topological polar surface area (TPSA) is 12.0 Å². The zero-order valence-corrected chi connectivity index (χ0v) is 11.5. The third-order valence-electron chi connectivity index (χ3n) is 4.79. The maximum atomic E-state index is 13.5. The fourth-order valence-corrected chi connectivity index (χ4v) is 3.69. The summed E-state index contributed by atoms with van der Waals surface area (Å²) in [5.74, 6) is 2.29. The highest BCUT2D eigenvalue weighted by molar-refractivity contribution is 5.17. The van der Waals surface area contributed by atoms with Crippen LogP contribution in [0.5, 0.6) is 0 Å². The molecule has 1 aromatic rings. The third-order valence-corrected chi connectivity index (χ3v) is 4.79. The molecule has 1 fully saturated rings. The van der Waals surface area contributed by atoms with E-state index in [1.165, 1.54) is 12.8 Å². The Bertz CT molecular complexity index is 468. The van der Waals surface area contributed by atoms with E-state index in [0.29, 0.717) is 6.04 Å². The molecule has 0 radical (unpaired) electrons. The number of nitrogens with one attached hydrogen (secondary N) is 1. The van der Waals surface area contributed by atoms with Crippen LogP contribution < -0.4 is 5.32 Å². The molecule has 0 amide bonds. The minimum atomic E-state index is -0.0835. The molecule has 2 heteroatoms. The van der Waals surface area contributed by atoms with Gasteiger partial charge in [0.1, 0.15) is 5.82 Å². The average Bonchev–Trinajstić information content (AvgIpc) is 3.03. The van der Waals surface area contributed by atoms with Crippen LogP contribution >= 0.6 is 0 Å². The van der Waals surface area contributed by atoms with E-state index in [2.05, 4.69) is 24.4 Å². The van der Waals surface area contributed by atoms with Gasteiger partial charge in [-0.1, -0.05) is 30.4 Å². The summed E-state index contributed by atoms with van der Waals surface area (Å²) in [7, 11) is 0. The number of benzene rings is 1. The molecule has 2 aliphatic carbocycles. The molecule has 4 unspecified atom stereocenters. The molecule has 3 rings (SSSR count). The van der Waals surface area contributed by atoms with Crippen molar-refractivity contribution in [3.8, 4) is 0 Å². The van der Waals surface area contributed by atoms with Crippen LogP contribution in [0.3, 0.4) is 0 Å². The van der Waals surface area contributed by atoms with Crippen LogP contribution in [0.15, 0.2) is 36.4 Å². The molecular weight excluding hydrogens is 237 g/mol. The van der Waals surface area contributed by atoms with E-state index < -0.39 is 0 Å². The molecule has 0 aliphatic heterocycles. The number of fused-ring (bicyclic) bond motifs is 2. The molecule has 0 saturated heterocycles. The maximum absolute atomic E-state index is 13.5. The summed E-state index contributed by atoms with van der Waals surface area (Å²) in [6.45, 7) is 3.14. The molecule has 0 heterocycles. The first kappa shape index (κ1) is 12.9. The van der Waals surface area contributed by atoms with Gasteiger partial charge >= 0.3 is 0 Å². The molecule has 19 heavy (non-hydrogen) atoms. The Morgan fingerprint density at radius 2 is 2.11 bits per heavy atom. The smallest absolute Gasteiger partial charge is 0.126 e. The summed E-state index contributed by atoms with van der Waals surface area (Å²) < 4.78 is 13.5. The molecule has 1 nitrogen and oxygen atoms in total. The number of halogens is 1. The van der Waals surface area contributed by atoms with Crippen LogP contribution in [0, 0.1) is 23.6 Å². The van der Waals surface area contributed by atoms with Gasteiger partial charge in [-0.2, -0.15) is 0 Å². The van der Waals surface area contributed by atoms with Gasteiger partial charge in [-0.25, -0.2) is 4.39 Å². The summed E-state index contributed by atoms with van der Waals surface area (Å²) in [6, 6.07) is 7.60. The molecular formula is C17H22FN. The van der Waals surface area contributed by atoms with Gasteiger partial charge in [0.2, 0.25) is 0 Å². The number of hydrogen-bond acceptors (Lipinski definition) is 1. The predicted molar refractivity (Wildman–Crippen MR) is 76.4 cm³/mol. The Morgan fingerprint density at radius 3 is 2.79 bits per heavy atom. The first-order valence-electron chi connectivity index (χ1n) is 7.39. The SMILES string of the molecule is CC(NCCc1ccccc1F)C1CC2C=CC1C2. The molecule has 1 saturated carbocycles. The Hall–Kier alpha value is -1.15. The minimum absolute atomic E-state index is 0.0835. The van der Waals surface area contributed by atoms with Crippen LogP contribution in [-0.4, -0.2) is 12.6 Å². The van der Waals surface area contributed by atoms with Gasteiger partial charge < -0.3 is 5.32 Å². The van der Waals surface area contributed by atoms with Crippen molar-refractivity contribution in [1.82, 2.24) is 5.32 Å². The van der Waals surface area contributed by atoms with Crippen LogP contribution in [0.25, 0.3) is 0 Å². The number of allylic oxidation sites excluding steroid dienone is 2. The van der Waals surface area contributed by atoms with Crippen molar-refractivity contribution in [2.45, 2.75) is 32.2 Å². The van der Waals surface area contributed by atoms with Gasteiger partial charge in [0.25, 0.3) is 0 Å². The van der Waals surface area contributed by atoms with E-state index in [1.54, 1.807) is 12.1 Å². The monoisotopic (exact) mass is 259 g/mol. The van der Waals surface area contributed by atoms with Crippen LogP contribution in [0.4, 0.5) is 4.39 Å². The highest BCUT2D eigenvalue weighted by Crippen LogP contribution is 2.44. The summed E-state index contributed by atoms with van der Waals surface area (Å²) in [5.41, 5.74) is 0.815. The number of rotatable bonds is 5. The van der Waals surface area contributed by atoms with E-state index in [1.807, 2.05) is 12.1 Å². The van der Waals surface area contributed by atoms with Crippen molar-refractivity contribution in [2.75, 3.05) is 6.54 Å². The van der Waals surface area contributed by atoms with Crippen LogP contribution in [0.2, 0.25) is 0 Å². The van der Waals surface area contributed by atoms with Gasteiger partial charge in [-0.15, -0.1) is 0 Å². The standard InChI is InChI=1S/C17H22FN/c1-12(16-11-13-6-7-15(16)10-13)19-9-8-14-4-2-3-5-17(14)18/h2-7,12-13,15-16,19H,8-11H2,1H3. The lowest BCUT2D eigenvalue weighted by molar-refractivity contribution is 0.329. The fourth-order valence-electron chi connectivity index (χ4n) is 3.69. The van der Waals surface area contributed by atoms with Crippen molar-refractivity contribution in [2.24, 2.45) is 17.8 Å². The van der Waals surface area contributed by atoms with E-state index >= 15 is 0 Å². The van der Waals surface area contributed by atoms with Crippen LogP contribution in [0.1, 0.15) is 25.3 Å². The molecule has 4 atom stereocenters. The summed E-state index contributed by atoms with van der Waals surface area (Å²) in [4.78, 5) is 0. The molecule has 2 bridgehead atoms. The molecule has 0 aromatic heterocycles. The molecule has 102 valence electrons. The van der Waals surface area contributed by atoms with Gasteiger partial charge in [0.05, 0.1) is 0 Å². The van der Waals surface area contributed by atoms with Gasteiger partial charge in [-0.05, 0) is 62.1 Å². The molecule has 1 aromatic carbocycles. The first-order valence-corrected chi connectivity index (χ1v) is 7.39. The van der Waals surface area contributed by atoms with E-state index in [0.717, 1.165) is 36.3 Å². The van der Waals surface area contributed by atoms with E-state index in [9.17, 15) is 4.39 Å². The zero-order valence-electron chi connectivity index (χ0n) is 11.5. The fraction of sp³-hybridized carbons (Fsp3) is 0.529. The quantitative estimate of drug-likeness (QED) is 0.797. The second-order valence-corrected chi connectivity index (χ2v) is 6.03. The van der Waals surface area contributed by atoms with Crippen molar-refractivity contribution < 1.29 is 4.39 Å². The maximum Gasteiger partial charge on any atom is 0.126 e. The normalized spacial score (nSPS) is 29.9. The first-order chi connectivity index (χ1) is 9.24. The van der Waals surface area contributed by atoms with Crippen molar-refractivity contribution in [3.05, 3.63) is 47.8 Å². The summed E-state index contributed by atoms with van der Waals surface area (Å²) in [5, 5.41) is 3.58. The van der Waals surface area contributed by atoms with Crippen molar-refractivity contribution in [1.29, 1.82) is 0 Å². The molecule has 2 aliphatic rings. The molecule has 0 spiro atoms. The van der Waals surface area contributed by atoms with Gasteiger partial charge in [-0.3, -0.25) is 0 Å². The lowest BCUT2D eigenvalue weighted by Crippen LogP contribution is -2.36. The third kappa shape index (κ3) is 2.74. The largest absolute Gasteiger partial charge is 0.314 e. The summed E-state index contributed by atoms with van der Waals surface area (Å²) >= 11 is 0. The Balaban J connectivity index is 1.48. The predicted octanol–water partition coefficient (Wildman–Crippen LogP) is 3.56. The van der Waals surface area contributed by atoms with Crippen LogP contribution in [-0.2, 0) is 6.42 Å². The summed E-state index contributed by atoms with van der Waals surface area (Å²) in [6.07, 6.45) is 8.23. The highest BCUT2D eigenvalue weighted by Gasteiger charge is 2.38. The van der Waals surface area contributed by atoms with E-state index in [4.69, 9.17) is 0 Å². The van der Waals surface area contributed by atoms with Crippen molar-refractivity contribution in [3.63, 3.8) is 0 Å². The Morgan fingerprint density at radius 1 is 1.26 bits per heavy atom. The lowest BCUT2D eigenvalue weighted by Gasteiger charge is -2.26. The second-order valence-electron chi connectivity index (χ2n) is 6.03. The van der Waals surface area contributed by atoms with Crippen molar-refractivity contribution >= 4 is 0 Å². The highest BCUT2D eigenvalue weighted by atomic mass is 19.1. The second kappa shape index (κ2) is 5.46. The van der Waals surface area contributed by atoms with Gasteiger partial charge in [0, 0.05) is 6.04 Å². The Kier molecular flexibility index (Phi) is 3.69. The average molecular weight is 259 g/mol. The zero-order chi connectivity index (χ0) is 13.2. The number of hydrogen-bond donors (Lipinski definition) is 1. The minimum Gasteiger partial charge on any atom is -0.314 e. The van der Waals surface area contributed by atoms with E-state index in [-0.39, 0.29) is 5.82 Å². The molecule has 1 N–H and O–H groups in total. The lowest BCUT2D eigenvalue weighted by atomic mass is 9.87. The van der Waals surface area contributed by atoms with Gasteiger partial charge in [0.15, 0.2) is 0 Å².